The fraction of sp³-hybridized carbons (Fsp3) is 0.667. The number of esters is 1. The molecule has 1 aromatic rings. The summed E-state index contributed by atoms with van der Waals surface area (Å²) in [6.45, 7) is 2.79. The fourth-order valence-electron chi connectivity index (χ4n) is 3.96. The molecule has 1 N–H and O–H groups in total. The Morgan fingerprint density at radius 3 is 2.78 bits per heavy atom. The molecular weight excluding hydrogens is 292 g/mol. The van der Waals surface area contributed by atoms with E-state index in [1.165, 1.54) is 32.1 Å². The molecule has 2 aliphatic rings. The summed E-state index contributed by atoms with van der Waals surface area (Å²) in [5, 5.41) is 10.1. The van der Waals surface area contributed by atoms with E-state index >= 15 is 0 Å². The Balaban J connectivity index is 1.74. The zero-order chi connectivity index (χ0) is 16.2. The number of aliphatic hydroxyl groups excluding tert-OH is 1. The number of carbonyl (C=O) groups excluding carboxylic acids is 1. The van der Waals surface area contributed by atoms with E-state index in [0.29, 0.717) is 30.7 Å². The van der Waals surface area contributed by atoms with E-state index in [2.05, 4.69) is 9.88 Å². The summed E-state index contributed by atoms with van der Waals surface area (Å²) in [4.78, 5) is 18.4. The van der Waals surface area contributed by atoms with Crippen LogP contribution in [0.2, 0.25) is 0 Å². The highest BCUT2D eigenvalue weighted by atomic mass is 16.5. The highest BCUT2D eigenvalue weighted by Gasteiger charge is 2.37. The monoisotopic (exact) mass is 318 g/mol. The first-order valence-electron chi connectivity index (χ1n) is 8.77. The van der Waals surface area contributed by atoms with Gasteiger partial charge in [-0.1, -0.05) is 19.3 Å². The summed E-state index contributed by atoms with van der Waals surface area (Å²) in [5.41, 5.74) is 0.476. The Morgan fingerprint density at radius 1 is 1.35 bits per heavy atom. The minimum absolute atomic E-state index is 0.284. The lowest BCUT2D eigenvalue weighted by atomic mass is 9.83. The number of β-amino-alcohol motifs (C(OH)–C–C–N with tert-alkyl or cyclic N) is 1. The minimum atomic E-state index is -0.336. The Kier molecular flexibility index (Phi) is 5.16. The van der Waals surface area contributed by atoms with E-state index in [1.54, 1.807) is 19.2 Å². The molecule has 1 aliphatic carbocycles. The molecule has 126 valence electrons. The number of nitrogens with zero attached hydrogens (tertiary/aromatic N) is 2. The van der Waals surface area contributed by atoms with Crippen LogP contribution in [-0.2, 0) is 4.74 Å². The van der Waals surface area contributed by atoms with Gasteiger partial charge in [0.2, 0.25) is 0 Å². The summed E-state index contributed by atoms with van der Waals surface area (Å²) in [6, 6.07) is 4.01. The lowest BCUT2D eigenvalue weighted by Crippen LogP contribution is -2.37. The van der Waals surface area contributed by atoms with Crippen LogP contribution < -0.4 is 4.90 Å². The molecule has 23 heavy (non-hydrogen) atoms. The molecule has 2 fully saturated rings. The predicted molar refractivity (Wildman–Crippen MR) is 88.5 cm³/mol. The molecule has 0 radical (unpaired) electrons. The van der Waals surface area contributed by atoms with Crippen molar-refractivity contribution in [2.45, 2.75) is 57.6 Å². The van der Waals surface area contributed by atoms with Crippen molar-refractivity contribution in [2.24, 2.45) is 5.92 Å². The second-order valence-corrected chi connectivity index (χ2v) is 6.63. The normalized spacial score (nSPS) is 25.6. The molecule has 5 heteroatoms. The van der Waals surface area contributed by atoms with Crippen LogP contribution in [0.1, 0.15) is 55.8 Å². The van der Waals surface area contributed by atoms with Crippen LogP contribution in [0.25, 0.3) is 0 Å². The summed E-state index contributed by atoms with van der Waals surface area (Å²) >= 11 is 0. The van der Waals surface area contributed by atoms with Crippen LogP contribution in [0.3, 0.4) is 0 Å². The average molecular weight is 318 g/mol. The Hall–Kier alpha value is -1.62. The van der Waals surface area contributed by atoms with Crippen molar-refractivity contribution < 1.29 is 14.6 Å². The second-order valence-electron chi connectivity index (χ2n) is 6.63. The van der Waals surface area contributed by atoms with Gasteiger partial charge in [-0.05, 0) is 44.2 Å². The smallest absolute Gasteiger partial charge is 0.339 e. The topological polar surface area (TPSA) is 62.7 Å². The fourth-order valence-corrected chi connectivity index (χ4v) is 3.96. The van der Waals surface area contributed by atoms with Crippen molar-refractivity contribution in [2.75, 3.05) is 18.1 Å². The van der Waals surface area contributed by atoms with Gasteiger partial charge in [-0.3, -0.25) is 0 Å². The quantitative estimate of drug-likeness (QED) is 0.865. The molecule has 0 spiro atoms. The summed E-state index contributed by atoms with van der Waals surface area (Å²) in [5.74, 6) is 1.16. The van der Waals surface area contributed by atoms with Gasteiger partial charge in [0.05, 0.1) is 18.3 Å². The molecular formula is C18H26N2O3. The number of hydrogen-bond acceptors (Lipinski definition) is 5. The average Bonchev–Trinajstić information content (AvgIpc) is 2.98. The van der Waals surface area contributed by atoms with Crippen molar-refractivity contribution in [1.82, 2.24) is 4.98 Å². The van der Waals surface area contributed by atoms with Crippen molar-refractivity contribution in [1.29, 1.82) is 0 Å². The lowest BCUT2D eigenvalue weighted by molar-refractivity contribution is 0.0526. The second kappa shape index (κ2) is 7.30. The zero-order valence-corrected chi connectivity index (χ0v) is 13.8. The van der Waals surface area contributed by atoms with E-state index in [9.17, 15) is 9.90 Å². The molecule has 5 nitrogen and oxygen atoms in total. The minimum Gasteiger partial charge on any atom is -0.462 e. The van der Waals surface area contributed by atoms with Gasteiger partial charge in [0, 0.05) is 18.8 Å². The van der Waals surface area contributed by atoms with E-state index in [1.807, 2.05) is 6.07 Å². The first kappa shape index (κ1) is 16.2. The molecule has 0 amide bonds. The van der Waals surface area contributed by atoms with Crippen LogP contribution in [-0.4, -0.2) is 41.4 Å². The molecule has 2 atom stereocenters. The van der Waals surface area contributed by atoms with Gasteiger partial charge in [0.15, 0.2) is 0 Å². The highest BCUT2D eigenvalue weighted by Crippen LogP contribution is 2.36. The van der Waals surface area contributed by atoms with Crippen LogP contribution in [0.4, 0.5) is 5.82 Å². The SMILES string of the molecule is CCOC(=O)c1ccc(N2CC(O)CC2C2CCCCC2)nc1. The lowest BCUT2D eigenvalue weighted by Gasteiger charge is -2.34. The van der Waals surface area contributed by atoms with Gasteiger partial charge in [-0.15, -0.1) is 0 Å². The Morgan fingerprint density at radius 2 is 2.13 bits per heavy atom. The van der Waals surface area contributed by atoms with Gasteiger partial charge in [-0.25, -0.2) is 9.78 Å². The number of rotatable bonds is 4. The molecule has 1 aliphatic heterocycles. The first-order valence-corrected chi connectivity index (χ1v) is 8.77. The Bertz CT molecular complexity index is 526. The molecule has 1 saturated carbocycles. The van der Waals surface area contributed by atoms with Crippen LogP contribution in [0.15, 0.2) is 18.3 Å². The van der Waals surface area contributed by atoms with E-state index in [-0.39, 0.29) is 12.1 Å². The van der Waals surface area contributed by atoms with E-state index < -0.39 is 0 Å². The molecule has 0 aromatic carbocycles. The molecule has 1 aromatic heterocycles. The number of pyridine rings is 1. The maximum atomic E-state index is 11.7. The van der Waals surface area contributed by atoms with Crippen molar-refractivity contribution in [3.05, 3.63) is 23.9 Å². The van der Waals surface area contributed by atoms with Gasteiger partial charge in [0.1, 0.15) is 5.82 Å². The van der Waals surface area contributed by atoms with Crippen molar-refractivity contribution >= 4 is 11.8 Å². The predicted octanol–water partition coefficient (Wildman–Crippen LogP) is 2.78. The number of ether oxygens (including phenoxy) is 1. The molecule has 2 heterocycles. The first-order chi connectivity index (χ1) is 11.2. The molecule has 0 bridgehead atoms. The van der Waals surface area contributed by atoms with Gasteiger partial charge in [0.25, 0.3) is 0 Å². The van der Waals surface area contributed by atoms with Crippen LogP contribution >= 0.6 is 0 Å². The number of hydrogen-bond donors (Lipinski definition) is 1. The van der Waals surface area contributed by atoms with Gasteiger partial charge in [-0.2, -0.15) is 0 Å². The van der Waals surface area contributed by atoms with Gasteiger partial charge >= 0.3 is 5.97 Å². The molecule has 2 unspecified atom stereocenters. The summed E-state index contributed by atoms with van der Waals surface area (Å²) in [6.07, 6.45) is 8.53. The van der Waals surface area contributed by atoms with Gasteiger partial charge < -0.3 is 14.7 Å². The van der Waals surface area contributed by atoms with Crippen molar-refractivity contribution in [3.63, 3.8) is 0 Å². The number of carbonyl (C=O) groups is 1. The maximum absolute atomic E-state index is 11.7. The molecule has 1 saturated heterocycles. The summed E-state index contributed by atoms with van der Waals surface area (Å²) in [7, 11) is 0. The van der Waals surface area contributed by atoms with E-state index in [0.717, 1.165) is 12.2 Å². The number of aliphatic hydroxyl groups is 1. The summed E-state index contributed by atoms with van der Waals surface area (Å²) < 4.78 is 4.99. The zero-order valence-electron chi connectivity index (χ0n) is 13.8. The number of aromatic nitrogens is 1. The third-order valence-corrected chi connectivity index (χ3v) is 5.07. The third-order valence-electron chi connectivity index (χ3n) is 5.07. The van der Waals surface area contributed by atoms with Crippen LogP contribution in [0.5, 0.6) is 0 Å². The highest BCUT2D eigenvalue weighted by molar-refractivity contribution is 5.89. The third kappa shape index (κ3) is 3.66. The molecule has 3 rings (SSSR count). The Labute approximate surface area is 137 Å². The number of anilines is 1. The van der Waals surface area contributed by atoms with Crippen LogP contribution in [0, 0.1) is 5.92 Å². The van der Waals surface area contributed by atoms with E-state index in [4.69, 9.17) is 4.74 Å². The maximum Gasteiger partial charge on any atom is 0.339 e. The largest absolute Gasteiger partial charge is 0.462 e. The standard InChI is InChI=1S/C18H26N2O3/c1-2-23-18(22)14-8-9-17(19-11-14)20-12-15(21)10-16(20)13-6-4-3-5-7-13/h8-9,11,13,15-16,21H,2-7,10,12H2,1H3. The van der Waals surface area contributed by atoms with Crippen molar-refractivity contribution in [3.8, 4) is 0 Å².